The molecule has 3 heteroatoms. The lowest BCUT2D eigenvalue weighted by molar-refractivity contribution is 0.0321. The maximum Gasteiger partial charge on any atom is 0.0701 e. The zero-order valence-electron chi connectivity index (χ0n) is 12.2. The van der Waals surface area contributed by atoms with Gasteiger partial charge in [-0.25, -0.2) is 0 Å². The minimum atomic E-state index is 0.0955. The number of rotatable bonds is 15. The van der Waals surface area contributed by atoms with E-state index in [1.54, 1.807) is 0 Å². The average molecular weight is 260 g/mol. The van der Waals surface area contributed by atoms with Crippen molar-refractivity contribution in [2.45, 2.75) is 64.7 Å². The van der Waals surface area contributed by atoms with Gasteiger partial charge in [0.1, 0.15) is 0 Å². The van der Waals surface area contributed by atoms with Crippen molar-refractivity contribution in [1.29, 1.82) is 0 Å². The SMILES string of the molecule is CCCCCCCCCCCOCCOCCO. The highest BCUT2D eigenvalue weighted by Crippen LogP contribution is 2.09. The van der Waals surface area contributed by atoms with Gasteiger partial charge in [-0.3, -0.25) is 0 Å². The molecule has 0 aromatic heterocycles. The summed E-state index contributed by atoms with van der Waals surface area (Å²) in [6.07, 6.45) is 12.1. The first-order valence-corrected chi connectivity index (χ1v) is 7.68. The molecule has 0 aromatic carbocycles. The molecule has 0 fully saturated rings. The number of ether oxygens (including phenoxy) is 2. The highest BCUT2D eigenvalue weighted by atomic mass is 16.5. The van der Waals surface area contributed by atoms with Crippen molar-refractivity contribution in [1.82, 2.24) is 0 Å². The Morgan fingerprint density at radius 3 is 1.67 bits per heavy atom. The summed E-state index contributed by atoms with van der Waals surface area (Å²) in [6, 6.07) is 0. The molecule has 18 heavy (non-hydrogen) atoms. The predicted molar refractivity (Wildman–Crippen MR) is 76.0 cm³/mol. The molecule has 0 saturated heterocycles. The van der Waals surface area contributed by atoms with E-state index in [0.717, 1.165) is 13.0 Å². The van der Waals surface area contributed by atoms with Crippen LogP contribution in [0.1, 0.15) is 64.7 Å². The maximum absolute atomic E-state index is 8.49. The first-order chi connectivity index (χ1) is 8.91. The highest BCUT2D eigenvalue weighted by molar-refractivity contribution is 4.46. The van der Waals surface area contributed by atoms with Gasteiger partial charge in [-0.2, -0.15) is 0 Å². The van der Waals surface area contributed by atoms with Crippen LogP contribution in [0.25, 0.3) is 0 Å². The zero-order valence-corrected chi connectivity index (χ0v) is 12.2. The zero-order chi connectivity index (χ0) is 13.3. The van der Waals surface area contributed by atoms with Crippen molar-refractivity contribution < 1.29 is 14.6 Å². The third kappa shape index (κ3) is 15.9. The van der Waals surface area contributed by atoms with Crippen LogP contribution in [0.15, 0.2) is 0 Å². The van der Waals surface area contributed by atoms with Gasteiger partial charge in [-0.1, -0.05) is 58.3 Å². The topological polar surface area (TPSA) is 38.7 Å². The molecule has 0 aromatic rings. The summed E-state index contributed by atoms with van der Waals surface area (Å²) in [5.41, 5.74) is 0. The lowest BCUT2D eigenvalue weighted by atomic mass is 10.1. The molecular weight excluding hydrogens is 228 g/mol. The second-order valence-corrected chi connectivity index (χ2v) is 4.78. The fraction of sp³-hybridized carbons (Fsp3) is 1.00. The minimum Gasteiger partial charge on any atom is -0.394 e. The number of hydrogen-bond acceptors (Lipinski definition) is 3. The Kier molecular flexibility index (Phi) is 16.8. The summed E-state index contributed by atoms with van der Waals surface area (Å²) in [5, 5.41) is 8.49. The molecule has 0 saturated carbocycles. The molecule has 0 heterocycles. The number of hydrogen-bond donors (Lipinski definition) is 1. The Labute approximate surface area is 113 Å². The molecule has 0 atom stereocenters. The van der Waals surface area contributed by atoms with Gasteiger partial charge in [0.15, 0.2) is 0 Å². The molecule has 0 radical (unpaired) electrons. The van der Waals surface area contributed by atoms with Gasteiger partial charge < -0.3 is 14.6 Å². The van der Waals surface area contributed by atoms with E-state index in [1.165, 1.54) is 51.4 Å². The average Bonchev–Trinajstić information content (AvgIpc) is 2.39. The Morgan fingerprint density at radius 2 is 1.11 bits per heavy atom. The van der Waals surface area contributed by atoms with Gasteiger partial charge in [-0.05, 0) is 6.42 Å². The molecular formula is C15H32O3. The van der Waals surface area contributed by atoms with Gasteiger partial charge in [0, 0.05) is 6.61 Å². The van der Waals surface area contributed by atoms with E-state index in [9.17, 15) is 0 Å². The molecule has 110 valence electrons. The quantitative estimate of drug-likeness (QED) is 0.458. The van der Waals surface area contributed by atoms with E-state index in [2.05, 4.69) is 6.92 Å². The normalized spacial score (nSPS) is 11.0. The van der Waals surface area contributed by atoms with Crippen LogP contribution in [-0.2, 0) is 9.47 Å². The lowest BCUT2D eigenvalue weighted by Gasteiger charge is -2.05. The Bertz CT molecular complexity index is 124. The summed E-state index contributed by atoms with van der Waals surface area (Å²) in [6.45, 7) is 4.86. The van der Waals surface area contributed by atoms with Crippen molar-refractivity contribution in [2.75, 3.05) is 33.0 Å². The fourth-order valence-corrected chi connectivity index (χ4v) is 1.90. The number of aliphatic hydroxyl groups is 1. The number of aliphatic hydroxyl groups excluding tert-OH is 1. The smallest absolute Gasteiger partial charge is 0.0701 e. The third-order valence-electron chi connectivity index (χ3n) is 3.00. The Hall–Kier alpha value is -0.120. The predicted octanol–water partition coefficient (Wildman–Crippen LogP) is 3.54. The van der Waals surface area contributed by atoms with Crippen LogP contribution in [0.4, 0.5) is 0 Å². The first kappa shape index (κ1) is 17.9. The van der Waals surface area contributed by atoms with Crippen LogP contribution >= 0.6 is 0 Å². The van der Waals surface area contributed by atoms with Crippen molar-refractivity contribution in [3.05, 3.63) is 0 Å². The summed E-state index contributed by atoms with van der Waals surface area (Å²) in [7, 11) is 0. The second-order valence-electron chi connectivity index (χ2n) is 4.78. The molecule has 0 unspecified atom stereocenters. The van der Waals surface area contributed by atoms with Gasteiger partial charge >= 0.3 is 0 Å². The van der Waals surface area contributed by atoms with Crippen molar-refractivity contribution >= 4 is 0 Å². The molecule has 0 spiro atoms. The fourth-order valence-electron chi connectivity index (χ4n) is 1.90. The van der Waals surface area contributed by atoms with Crippen LogP contribution in [-0.4, -0.2) is 38.1 Å². The monoisotopic (exact) mass is 260 g/mol. The van der Waals surface area contributed by atoms with Gasteiger partial charge in [0.2, 0.25) is 0 Å². The first-order valence-electron chi connectivity index (χ1n) is 7.68. The summed E-state index contributed by atoms with van der Waals surface area (Å²) in [4.78, 5) is 0. The van der Waals surface area contributed by atoms with Crippen LogP contribution in [0.2, 0.25) is 0 Å². The summed E-state index contributed by atoms with van der Waals surface area (Å²) in [5.74, 6) is 0. The van der Waals surface area contributed by atoms with Gasteiger partial charge in [0.05, 0.1) is 26.4 Å². The van der Waals surface area contributed by atoms with E-state index in [-0.39, 0.29) is 6.61 Å². The lowest BCUT2D eigenvalue weighted by Crippen LogP contribution is -2.07. The molecule has 1 N–H and O–H groups in total. The molecule has 0 rings (SSSR count). The number of unbranched alkanes of at least 4 members (excludes halogenated alkanes) is 8. The highest BCUT2D eigenvalue weighted by Gasteiger charge is 1.93. The van der Waals surface area contributed by atoms with E-state index < -0.39 is 0 Å². The van der Waals surface area contributed by atoms with E-state index in [0.29, 0.717) is 19.8 Å². The van der Waals surface area contributed by atoms with E-state index in [4.69, 9.17) is 14.6 Å². The Morgan fingerprint density at radius 1 is 0.611 bits per heavy atom. The molecule has 0 amide bonds. The molecule has 0 aliphatic rings. The van der Waals surface area contributed by atoms with Crippen molar-refractivity contribution in [3.63, 3.8) is 0 Å². The third-order valence-corrected chi connectivity index (χ3v) is 3.00. The molecule has 0 aliphatic heterocycles. The second kappa shape index (κ2) is 16.9. The molecule has 0 bridgehead atoms. The largest absolute Gasteiger partial charge is 0.394 e. The van der Waals surface area contributed by atoms with E-state index >= 15 is 0 Å². The van der Waals surface area contributed by atoms with Crippen LogP contribution < -0.4 is 0 Å². The van der Waals surface area contributed by atoms with Crippen molar-refractivity contribution in [2.24, 2.45) is 0 Å². The van der Waals surface area contributed by atoms with Crippen LogP contribution in [0.3, 0.4) is 0 Å². The molecule has 0 aliphatic carbocycles. The standard InChI is InChI=1S/C15H32O3/c1-2-3-4-5-6-7-8-9-10-12-17-14-15-18-13-11-16/h16H,2-15H2,1H3. The molecule has 3 nitrogen and oxygen atoms in total. The van der Waals surface area contributed by atoms with Crippen molar-refractivity contribution in [3.8, 4) is 0 Å². The van der Waals surface area contributed by atoms with Crippen LogP contribution in [0, 0.1) is 0 Å². The minimum absolute atomic E-state index is 0.0955. The van der Waals surface area contributed by atoms with Crippen LogP contribution in [0.5, 0.6) is 0 Å². The van der Waals surface area contributed by atoms with Gasteiger partial charge in [-0.15, -0.1) is 0 Å². The maximum atomic E-state index is 8.49. The van der Waals surface area contributed by atoms with E-state index in [1.807, 2.05) is 0 Å². The summed E-state index contributed by atoms with van der Waals surface area (Å²) >= 11 is 0. The Balaban J connectivity index is 2.86. The van der Waals surface area contributed by atoms with Gasteiger partial charge in [0.25, 0.3) is 0 Å². The summed E-state index contributed by atoms with van der Waals surface area (Å²) < 4.78 is 10.5.